The summed E-state index contributed by atoms with van der Waals surface area (Å²) >= 11 is 0. The van der Waals surface area contributed by atoms with E-state index in [1.165, 1.54) is 31.4 Å². The van der Waals surface area contributed by atoms with E-state index in [0.717, 1.165) is 18.4 Å². The molecule has 142 valence electrons. The Morgan fingerprint density at radius 2 is 1.65 bits per heavy atom. The zero-order valence-electron chi connectivity index (χ0n) is 15.3. The Hall–Kier alpha value is -1.95. The Morgan fingerprint density at radius 1 is 1.00 bits per heavy atom. The Bertz CT molecular complexity index is 606. The number of amides is 2. The fourth-order valence-corrected chi connectivity index (χ4v) is 3.77. The number of hydrogen-bond donors (Lipinski definition) is 1. The molecule has 1 aliphatic heterocycles. The zero-order valence-corrected chi connectivity index (χ0v) is 15.3. The third-order valence-corrected chi connectivity index (χ3v) is 5.33. The van der Waals surface area contributed by atoms with Gasteiger partial charge in [-0.1, -0.05) is 31.4 Å². The Morgan fingerprint density at radius 3 is 2.31 bits per heavy atom. The first-order chi connectivity index (χ1) is 12.6. The molecule has 1 aliphatic carbocycles. The fraction of sp³-hybridized carbons (Fsp3) is 0.600. The van der Waals surface area contributed by atoms with Gasteiger partial charge in [0.05, 0.1) is 13.0 Å². The number of benzene rings is 1. The number of carbonyl (C=O) groups is 2. The minimum Gasteiger partial charge on any atom is -0.352 e. The average molecular weight is 361 g/mol. The van der Waals surface area contributed by atoms with Crippen molar-refractivity contribution in [2.45, 2.75) is 44.6 Å². The molecule has 5 nitrogen and oxygen atoms in total. The third kappa shape index (κ3) is 5.53. The van der Waals surface area contributed by atoms with Gasteiger partial charge < -0.3 is 10.2 Å². The molecule has 1 N–H and O–H groups in total. The van der Waals surface area contributed by atoms with Crippen molar-refractivity contribution in [3.05, 3.63) is 35.6 Å². The highest BCUT2D eigenvalue weighted by Crippen LogP contribution is 2.17. The van der Waals surface area contributed by atoms with Gasteiger partial charge in [0, 0.05) is 32.2 Å². The van der Waals surface area contributed by atoms with E-state index in [1.807, 2.05) is 4.90 Å². The van der Waals surface area contributed by atoms with E-state index in [9.17, 15) is 14.0 Å². The second-order valence-electron chi connectivity index (χ2n) is 7.36. The summed E-state index contributed by atoms with van der Waals surface area (Å²) in [5.41, 5.74) is 0.825. The summed E-state index contributed by atoms with van der Waals surface area (Å²) in [6.07, 6.45) is 6.18. The van der Waals surface area contributed by atoms with Gasteiger partial charge in [-0.15, -0.1) is 0 Å². The monoisotopic (exact) mass is 361 g/mol. The molecule has 1 aromatic carbocycles. The minimum atomic E-state index is -0.290. The molecular weight excluding hydrogens is 333 g/mol. The van der Waals surface area contributed by atoms with Gasteiger partial charge in [-0.05, 0) is 30.5 Å². The van der Waals surface area contributed by atoms with Gasteiger partial charge in [-0.25, -0.2) is 4.39 Å². The van der Waals surface area contributed by atoms with Gasteiger partial charge in [0.25, 0.3) is 0 Å². The van der Waals surface area contributed by atoms with Crippen LogP contribution < -0.4 is 5.32 Å². The number of carbonyl (C=O) groups excluding carboxylic acids is 2. The Balaban J connectivity index is 1.38. The normalized spacial score (nSPS) is 19.3. The lowest BCUT2D eigenvalue weighted by Gasteiger charge is -2.34. The van der Waals surface area contributed by atoms with E-state index >= 15 is 0 Å². The second-order valence-corrected chi connectivity index (χ2v) is 7.36. The maximum absolute atomic E-state index is 12.9. The van der Waals surface area contributed by atoms with Crippen LogP contribution in [0.25, 0.3) is 0 Å². The molecule has 3 rings (SSSR count). The summed E-state index contributed by atoms with van der Waals surface area (Å²) in [6.45, 7) is 3.12. The predicted octanol–water partition coefficient (Wildman–Crippen LogP) is 1.96. The lowest BCUT2D eigenvalue weighted by atomic mass is 9.95. The lowest BCUT2D eigenvalue weighted by Crippen LogP contribution is -2.52. The van der Waals surface area contributed by atoms with Crippen molar-refractivity contribution >= 4 is 11.8 Å². The van der Waals surface area contributed by atoms with Gasteiger partial charge >= 0.3 is 0 Å². The SMILES string of the molecule is O=C(CN1CCN(C(=O)Cc2ccc(F)cc2)CC1)NC1CCCCC1. The van der Waals surface area contributed by atoms with Crippen LogP contribution in [0.4, 0.5) is 4.39 Å². The molecule has 6 heteroatoms. The fourth-order valence-electron chi connectivity index (χ4n) is 3.77. The van der Waals surface area contributed by atoms with Crippen molar-refractivity contribution < 1.29 is 14.0 Å². The van der Waals surface area contributed by atoms with Gasteiger partial charge in [-0.3, -0.25) is 14.5 Å². The molecule has 2 aliphatic rings. The first-order valence-electron chi connectivity index (χ1n) is 9.64. The molecule has 1 aromatic rings. The maximum atomic E-state index is 12.9. The second kappa shape index (κ2) is 9.12. The molecule has 1 heterocycles. The summed E-state index contributed by atoms with van der Waals surface area (Å²) in [5.74, 6) is -0.132. The van der Waals surface area contributed by atoms with Crippen molar-refractivity contribution in [2.24, 2.45) is 0 Å². The highest BCUT2D eigenvalue weighted by atomic mass is 19.1. The van der Waals surface area contributed by atoms with Crippen LogP contribution >= 0.6 is 0 Å². The molecule has 2 fully saturated rings. The average Bonchev–Trinajstić information content (AvgIpc) is 2.65. The highest BCUT2D eigenvalue weighted by Gasteiger charge is 2.23. The summed E-state index contributed by atoms with van der Waals surface area (Å²) in [5, 5.41) is 3.15. The first-order valence-corrected chi connectivity index (χ1v) is 9.64. The topological polar surface area (TPSA) is 52.7 Å². The highest BCUT2D eigenvalue weighted by molar-refractivity contribution is 5.79. The maximum Gasteiger partial charge on any atom is 0.234 e. The van der Waals surface area contributed by atoms with Gasteiger partial charge in [0.1, 0.15) is 5.82 Å². The molecule has 0 atom stereocenters. The van der Waals surface area contributed by atoms with E-state index in [0.29, 0.717) is 45.2 Å². The molecule has 0 radical (unpaired) electrons. The third-order valence-electron chi connectivity index (χ3n) is 5.33. The van der Waals surface area contributed by atoms with Crippen LogP contribution in [0, 0.1) is 5.82 Å². The van der Waals surface area contributed by atoms with Crippen LogP contribution in [-0.4, -0.2) is 60.4 Å². The quantitative estimate of drug-likeness (QED) is 0.872. The largest absolute Gasteiger partial charge is 0.352 e. The van der Waals surface area contributed by atoms with Crippen LogP contribution in [0.2, 0.25) is 0 Å². The van der Waals surface area contributed by atoms with Crippen LogP contribution in [0.5, 0.6) is 0 Å². The van der Waals surface area contributed by atoms with E-state index in [2.05, 4.69) is 10.2 Å². The van der Waals surface area contributed by atoms with E-state index < -0.39 is 0 Å². The number of nitrogens with one attached hydrogen (secondary N) is 1. The zero-order chi connectivity index (χ0) is 18.4. The molecule has 0 bridgehead atoms. The minimum absolute atomic E-state index is 0.0583. The predicted molar refractivity (Wildman–Crippen MR) is 98.1 cm³/mol. The number of rotatable bonds is 5. The van der Waals surface area contributed by atoms with Crippen LogP contribution in [0.1, 0.15) is 37.7 Å². The smallest absolute Gasteiger partial charge is 0.234 e. The number of nitrogens with zero attached hydrogens (tertiary/aromatic N) is 2. The molecule has 1 saturated carbocycles. The molecular formula is C20H28FN3O2. The van der Waals surface area contributed by atoms with Crippen molar-refractivity contribution in [2.75, 3.05) is 32.7 Å². The molecule has 0 unspecified atom stereocenters. The van der Waals surface area contributed by atoms with Crippen molar-refractivity contribution in [3.8, 4) is 0 Å². The summed E-state index contributed by atoms with van der Waals surface area (Å²) < 4.78 is 12.9. The van der Waals surface area contributed by atoms with E-state index in [4.69, 9.17) is 0 Å². The van der Waals surface area contributed by atoms with E-state index in [-0.39, 0.29) is 17.6 Å². The molecule has 2 amide bonds. The number of hydrogen-bond acceptors (Lipinski definition) is 3. The molecule has 1 saturated heterocycles. The molecule has 26 heavy (non-hydrogen) atoms. The summed E-state index contributed by atoms with van der Waals surface area (Å²) in [4.78, 5) is 28.5. The Labute approximate surface area is 154 Å². The van der Waals surface area contributed by atoms with Crippen LogP contribution in [-0.2, 0) is 16.0 Å². The standard InChI is InChI=1S/C20H28FN3O2/c21-17-8-6-16(7-9-17)14-20(26)24-12-10-23(11-13-24)15-19(25)22-18-4-2-1-3-5-18/h6-9,18H,1-5,10-15H2,(H,22,25). The van der Waals surface area contributed by atoms with Crippen molar-refractivity contribution in [3.63, 3.8) is 0 Å². The van der Waals surface area contributed by atoms with Gasteiger partial charge in [0.15, 0.2) is 0 Å². The van der Waals surface area contributed by atoms with Crippen molar-refractivity contribution in [1.29, 1.82) is 0 Å². The first kappa shape index (κ1) is 18.8. The number of piperazine rings is 1. The summed E-state index contributed by atoms with van der Waals surface area (Å²) in [6, 6.07) is 6.41. The molecule has 0 spiro atoms. The van der Waals surface area contributed by atoms with Crippen LogP contribution in [0.3, 0.4) is 0 Å². The molecule has 0 aromatic heterocycles. The lowest BCUT2D eigenvalue weighted by molar-refractivity contribution is -0.132. The number of halogens is 1. The van der Waals surface area contributed by atoms with E-state index in [1.54, 1.807) is 12.1 Å². The van der Waals surface area contributed by atoms with Crippen molar-refractivity contribution in [1.82, 2.24) is 15.1 Å². The van der Waals surface area contributed by atoms with Crippen LogP contribution in [0.15, 0.2) is 24.3 Å². The summed E-state index contributed by atoms with van der Waals surface area (Å²) in [7, 11) is 0. The van der Waals surface area contributed by atoms with Gasteiger partial charge in [0.2, 0.25) is 11.8 Å². The van der Waals surface area contributed by atoms with Gasteiger partial charge in [-0.2, -0.15) is 0 Å². The Kier molecular flexibility index (Phi) is 6.61.